The maximum absolute atomic E-state index is 13.7. The Balaban J connectivity index is 1.52. The molecule has 40 heavy (non-hydrogen) atoms. The van der Waals surface area contributed by atoms with Gasteiger partial charge in [-0.1, -0.05) is 6.92 Å². The number of hydrogen-bond donors (Lipinski definition) is 3. The van der Waals surface area contributed by atoms with Crippen LogP contribution in [0.3, 0.4) is 0 Å². The monoisotopic (exact) mass is 584 g/mol. The number of fused-ring (bicyclic) bond motifs is 2. The molecule has 210 valence electrons. The minimum atomic E-state index is -1.47. The van der Waals surface area contributed by atoms with E-state index in [1.54, 1.807) is 45.4 Å². The van der Waals surface area contributed by atoms with Gasteiger partial charge in [0.1, 0.15) is 16.9 Å². The van der Waals surface area contributed by atoms with Gasteiger partial charge < -0.3 is 31.4 Å². The lowest BCUT2D eigenvalue weighted by molar-refractivity contribution is -0.684. The molecule has 2 amide bonds. The molecule has 0 radical (unpaired) electrons. The van der Waals surface area contributed by atoms with E-state index in [9.17, 15) is 29.4 Å². The number of rotatable bonds is 11. The molecule has 1 saturated heterocycles. The number of carbonyl (C=O) groups is 4. The number of carbonyl (C=O) groups excluding carboxylic acids is 4. The van der Waals surface area contributed by atoms with E-state index < -0.39 is 35.8 Å². The molecule has 0 aliphatic carbocycles. The summed E-state index contributed by atoms with van der Waals surface area (Å²) >= 11 is 2.78. The van der Waals surface area contributed by atoms with E-state index in [1.165, 1.54) is 29.5 Å². The van der Waals surface area contributed by atoms with Crippen molar-refractivity contribution in [3.05, 3.63) is 58.4 Å². The number of aliphatic hydroxyl groups excluding tert-OH is 1. The van der Waals surface area contributed by atoms with E-state index in [0.717, 1.165) is 11.3 Å². The van der Waals surface area contributed by atoms with Crippen molar-refractivity contribution in [2.24, 2.45) is 23.3 Å². The van der Waals surface area contributed by atoms with Gasteiger partial charge in [-0.2, -0.15) is 16.3 Å². The first kappa shape index (κ1) is 28.0. The van der Waals surface area contributed by atoms with E-state index in [-0.39, 0.29) is 29.6 Å². The average molecular weight is 585 g/mol. The summed E-state index contributed by atoms with van der Waals surface area (Å²) in [5, 5.41) is 22.3. The molecule has 14 heteroatoms. The van der Waals surface area contributed by atoms with Gasteiger partial charge in [-0.05, 0) is 13.0 Å². The number of carboxylic acid groups (broad SMARTS) is 1. The summed E-state index contributed by atoms with van der Waals surface area (Å²) in [5.41, 5.74) is 12.5. The number of β-lactam (4-membered cyclic amide) rings is 1. The van der Waals surface area contributed by atoms with E-state index in [2.05, 4.69) is 4.98 Å². The minimum Gasteiger partial charge on any atom is -0.543 e. The number of imidazole rings is 1. The molecule has 2 aliphatic rings. The number of aliphatic carboxylic acids is 1. The maximum atomic E-state index is 13.7. The molecule has 5 heterocycles. The highest BCUT2D eigenvalue weighted by molar-refractivity contribution is 7.98. The van der Waals surface area contributed by atoms with Crippen LogP contribution in [0.1, 0.15) is 40.3 Å². The van der Waals surface area contributed by atoms with Crippen LogP contribution in [-0.4, -0.2) is 67.4 Å². The highest BCUT2D eigenvalue weighted by atomic mass is 32.2. The van der Waals surface area contributed by atoms with Gasteiger partial charge in [0, 0.05) is 41.3 Å². The molecule has 3 aromatic heterocycles. The van der Waals surface area contributed by atoms with Crippen molar-refractivity contribution < 1.29 is 34.0 Å². The summed E-state index contributed by atoms with van der Waals surface area (Å²) in [6.45, 7) is 3.75. The number of pyridine rings is 1. The minimum absolute atomic E-state index is 0.0979. The number of nitrogens with zero attached hydrogens (tertiary/aromatic N) is 4. The third-order valence-electron chi connectivity index (χ3n) is 7.17. The summed E-state index contributed by atoms with van der Waals surface area (Å²) in [5.74, 6) is -2.61. The van der Waals surface area contributed by atoms with Gasteiger partial charge in [0.2, 0.25) is 18.2 Å². The van der Waals surface area contributed by atoms with Crippen molar-refractivity contribution in [3.8, 4) is 0 Å². The molecule has 3 aromatic rings. The number of primary amides is 1. The van der Waals surface area contributed by atoms with Crippen molar-refractivity contribution in [2.45, 2.75) is 38.3 Å². The molecule has 0 saturated carbocycles. The topological polar surface area (TPSA) is 188 Å². The zero-order chi connectivity index (χ0) is 28.9. The zero-order valence-electron chi connectivity index (χ0n) is 21.8. The molecule has 5 rings (SSSR count). The Morgan fingerprint density at radius 2 is 2.08 bits per heavy atom. The van der Waals surface area contributed by atoms with Crippen molar-refractivity contribution >= 4 is 57.1 Å². The molecule has 0 bridgehead atoms. The number of carboxylic acids is 1. The third kappa shape index (κ3) is 4.70. The Morgan fingerprint density at radius 1 is 1.32 bits per heavy atom. The molecule has 0 unspecified atom stereocenters. The molecular weight excluding hydrogens is 556 g/mol. The van der Waals surface area contributed by atoms with Crippen LogP contribution in [0.15, 0.2) is 36.7 Å². The summed E-state index contributed by atoms with van der Waals surface area (Å²) in [6, 6.07) is 1.25. The third-order valence-corrected chi connectivity index (χ3v) is 9.37. The molecule has 0 aromatic carbocycles. The largest absolute Gasteiger partial charge is 0.543 e. The Morgan fingerprint density at radius 3 is 2.73 bits per heavy atom. The number of thioether (sulfide) groups is 1. The molecule has 0 spiro atoms. The lowest BCUT2D eigenvalue weighted by Gasteiger charge is -2.47. The highest BCUT2D eigenvalue weighted by Crippen LogP contribution is 2.51. The van der Waals surface area contributed by atoms with E-state index in [4.69, 9.17) is 11.5 Å². The molecule has 12 nitrogen and oxygen atoms in total. The van der Waals surface area contributed by atoms with Gasteiger partial charge in [-0.3, -0.25) is 18.8 Å². The summed E-state index contributed by atoms with van der Waals surface area (Å²) in [4.78, 5) is 56.7. The van der Waals surface area contributed by atoms with Crippen molar-refractivity contribution in [2.75, 3.05) is 12.3 Å². The van der Waals surface area contributed by atoms with Crippen molar-refractivity contribution in [1.82, 2.24) is 14.3 Å². The van der Waals surface area contributed by atoms with Crippen LogP contribution in [0, 0.1) is 11.8 Å². The summed E-state index contributed by atoms with van der Waals surface area (Å²) in [6.07, 6.45) is 5.54. The SMILES string of the molecule is C[C@@H](O)[C@H]1C(=O)N2C(C(=O)[O-])=C(c3cn4cnc(C(=O)c5cc(CSCCN)c[n+](CC(N)=O)c5)c4s3)[C@H](C)[C@H]12. The number of nitrogens with two attached hydrogens (primary N) is 2. The van der Waals surface area contributed by atoms with Gasteiger partial charge >= 0.3 is 0 Å². The Kier molecular flexibility index (Phi) is 7.52. The first-order valence-corrected chi connectivity index (χ1v) is 14.6. The van der Waals surface area contributed by atoms with Crippen molar-refractivity contribution in [1.29, 1.82) is 0 Å². The van der Waals surface area contributed by atoms with E-state index in [0.29, 0.717) is 33.1 Å². The van der Waals surface area contributed by atoms with Crippen LogP contribution in [-0.2, 0) is 26.7 Å². The lowest BCUT2D eigenvalue weighted by atomic mass is 9.77. The Bertz CT molecular complexity index is 1580. The predicted molar refractivity (Wildman–Crippen MR) is 144 cm³/mol. The van der Waals surface area contributed by atoms with Crippen LogP contribution < -0.4 is 21.1 Å². The quantitative estimate of drug-likeness (QED) is 0.109. The Labute approximate surface area is 237 Å². The zero-order valence-corrected chi connectivity index (χ0v) is 23.4. The van der Waals surface area contributed by atoms with Crippen LogP contribution >= 0.6 is 23.1 Å². The maximum Gasteiger partial charge on any atom is 0.283 e. The van der Waals surface area contributed by atoms with E-state index in [1.807, 2.05) is 6.92 Å². The molecule has 1 fully saturated rings. The number of amides is 2. The van der Waals surface area contributed by atoms with Crippen LogP contribution in [0.2, 0.25) is 0 Å². The van der Waals surface area contributed by atoms with Gasteiger partial charge in [0.15, 0.2) is 12.4 Å². The standard InChI is InChI=1S/C26H28N6O6S2/c1-12-18(22(26(37)38)32-21(12)19(13(2)33)24(32)36)16-8-31-11-29-20(25(31)40-16)23(35)15-5-14(10-39-4-3-27)6-30(7-15)9-17(28)34/h5-8,11-13,19,21,33H,3-4,9-10,27H2,1-2H3,(H2-,28,34,37,38)/t12-,13+,19+,21+/m0/s1. The number of aliphatic hydroxyl groups is 1. The second-order valence-electron chi connectivity index (χ2n) is 9.95. The molecule has 4 atom stereocenters. The summed E-state index contributed by atoms with van der Waals surface area (Å²) in [7, 11) is 0. The van der Waals surface area contributed by atoms with Crippen LogP contribution in [0.25, 0.3) is 10.4 Å². The average Bonchev–Trinajstić information content (AvgIpc) is 3.53. The smallest absolute Gasteiger partial charge is 0.283 e. The fourth-order valence-corrected chi connectivity index (χ4v) is 7.47. The first-order valence-electron chi connectivity index (χ1n) is 12.6. The number of hydrogen-bond acceptors (Lipinski definition) is 10. The van der Waals surface area contributed by atoms with Gasteiger partial charge in [-0.15, -0.1) is 11.3 Å². The summed E-state index contributed by atoms with van der Waals surface area (Å²) < 4.78 is 3.21. The van der Waals surface area contributed by atoms with Crippen LogP contribution in [0.4, 0.5) is 0 Å². The first-order chi connectivity index (χ1) is 19.0. The van der Waals surface area contributed by atoms with E-state index >= 15 is 0 Å². The van der Waals surface area contributed by atoms with Gasteiger partial charge in [0.05, 0.1) is 40.2 Å². The van der Waals surface area contributed by atoms with Crippen LogP contribution in [0.5, 0.6) is 0 Å². The van der Waals surface area contributed by atoms with Gasteiger partial charge in [0.25, 0.3) is 5.91 Å². The normalized spacial score (nSPS) is 21.1. The van der Waals surface area contributed by atoms with Gasteiger partial charge in [-0.25, -0.2) is 4.98 Å². The van der Waals surface area contributed by atoms with Crippen molar-refractivity contribution in [3.63, 3.8) is 0 Å². The molecule has 5 N–H and O–H groups in total. The second kappa shape index (κ2) is 10.8. The number of aromatic nitrogens is 3. The number of ketones is 1. The highest BCUT2D eigenvalue weighted by Gasteiger charge is 2.58. The fraction of sp³-hybridized carbons (Fsp3) is 0.385. The predicted octanol–water partition coefficient (Wildman–Crippen LogP) is -1.09. The Hall–Kier alpha value is -3.59. The second-order valence-corrected chi connectivity index (χ2v) is 12.1. The molecular formula is C26H28N6O6S2. The molecule has 2 aliphatic heterocycles. The lowest BCUT2D eigenvalue weighted by Crippen LogP contribution is -2.64. The number of thiazole rings is 1. The fourth-order valence-electron chi connectivity index (χ4n) is 5.55.